The maximum Gasteiger partial charge on any atom is 0.288 e. The second kappa shape index (κ2) is 8.63. The van der Waals surface area contributed by atoms with Gasteiger partial charge in [0.25, 0.3) is 11.8 Å². The molecule has 30 heavy (non-hydrogen) atoms. The highest BCUT2D eigenvalue weighted by Crippen LogP contribution is 2.21. The number of hydrogen-bond acceptors (Lipinski definition) is 3. The summed E-state index contributed by atoms with van der Waals surface area (Å²) < 4.78 is 1.54. The third kappa shape index (κ3) is 4.24. The summed E-state index contributed by atoms with van der Waals surface area (Å²) in [4.78, 5) is 25.2. The number of amides is 2. The Morgan fingerprint density at radius 2 is 1.43 bits per heavy atom. The molecule has 3 aromatic carbocycles. The van der Waals surface area contributed by atoms with Crippen LogP contribution in [0.4, 0.5) is 0 Å². The molecule has 2 amide bonds. The van der Waals surface area contributed by atoms with Crippen LogP contribution in [-0.2, 0) is 0 Å². The van der Waals surface area contributed by atoms with Crippen molar-refractivity contribution >= 4 is 23.4 Å². The number of hydrogen-bond donors (Lipinski definition) is 2. The molecule has 0 saturated heterocycles. The number of carbonyl (C=O) groups is 2. The van der Waals surface area contributed by atoms with Crippen LogP contribution in [0.25, 0.3) is 16.9 Å². The molecule has 4 aromatic rings. The van der Waals surface area contributed by atoms with Crippen LogP contribution in [0.2, 0.25) is 5.02 Å². The number of nitrogens with zero attached hydrogens (tertiary/aromatic N) is 2. The first-order valence-electron chi connectivity index (χ1n) is 9.19. The van der Waals surface area contributed by atoms with Gasteiger partial charge in [0.05, 0.1) is 11.4 Å². The lowest BCUT2D eigenvalue weighted by Gasteiger charge is -2.09. The first kappa shape index (κ1) is 19.4. The standard InChI is InChI=1S/C23H17ClN4O2/c24-18-11-7-10-17(14-18)22(29)25-26-23(30)21-15-20(16-8-3-1-4-9-16)27-28(21)19-12-5-2-6-13-19/h1-15H,(H,25,29)(H,26,30). The fourth-order valence-corrected chi connectivity index (χ4v) is 3.13. The van der Waals surface area contributed by atoms with E-state index in [1.54, 1.807) is 28.9 Å². The van der Waals surface area contributed by atoms with E-state index in [2.05, 4.69) is 16.0 Å². The number of benzene rings is 3. The molecule has 7 heteroatoms. The van der Waals surface area contributed by atoms with E-state index < -0.39 is 11.8 Å². The minimum absolute atomic E-state index is 0.284. The molecule has 2 N–H and O–H groups in total. The first-order chi connectivity index (χ1) is 14.6. The van der Waals surface area contributed by atoms with Gasteiger partial charge in [0.15, 0.2) is 0 Å². The van der Waals surface area contributed by atoms with E-state index >= 15 is 0 Å². The Morgan fingerprint density at radius 1 is 0.767 bits per heavy atom. The van der Waals surface area contributed by atoms with Crippen molar-refractivity contribution in [1.82, 2.24) is 20.6 Å². The summed E-state index contributed by atoms with van der Waals surface area (Å²) in [5.74, 6) is -0.969. The van der Waals surface area contributed by atoms with Crippen molar-refractivity contribution in [2.24, 2.45) is 0 Å². The molecule has 1 heterocycles. The average Bonchev–Trinajstić information content (AvgIpc) is 3.24. The third-order valence-corrected chi connectivity index (χ3v) is 4.62. The molecule has 0 aliphatic heterocycles. The smallest absolute Gasteiger partial charge is 0.267 e. The van der Waals surface area contributed by atoms with E-state index in [0.717, 1.165) is 11.3 Å². The van der Waals surface area contributed by atoms with Gasteiger partial charge in [-0.1, -0.05) is 66.2 Å². The second-order valence-electron chi connectivity index (χ2n) is 6.45. The van der Waals surface area contributed by atoms with Gasteiger partial charge in [0, 0.05) is 16.1 Å². The number of para-hydroxylation sites is 1. The van der Waals surface area contributed by atoms with Crippen LogP contribution in [0.1, 0.15) is 20.8 Å². The Balaban J connectivity index is 1.61. The van der Waals surface area contributed by atoms with Crippen LogP contribution in [0.15, 0.2) is 91.0 Å². The van der Waals surface area contributed by atoms with Crippen molar-refractivity contribution < 1.29 is 9.59 Å². The molecular formula is C23H17ClN4O2. The quantitative estimate of drug-likeness (QED) is 0.488. The minimum atomic E-state index is -0.496. The second-order valence-corrected chi connectivity index (χ2v) is 6.88. The number of aromatic nitrogens is 2. The van der Waals surface area contributed by atoms with Crippen LogP contribution in [0, 0.1) is 0 Å². The molecule has 0 aliphatic rings. The number of nitrogens with one attached hydrogen (secondary N) is 2. The monoisotopic (exact) mass is 416 g/mol. The Bertz CT molecular complexity index is 1190. The van der Waals surface area contributed by atoms with Gasteiger partial charge in [-0.2, -0.15) is 5.10 Å². The van der Waals surface area contributed by atoms with Crippen LogP contribution >= 0.6 is 11.6 Å². The van der Waals surface area contributed by atoms with Gasteiger partial charge >= 0.3 is 0 Å². The summed E-state index contributed by atoms with van der Waals surface area (Å²) in [6.07, 6.45) is 0. The number of halogens is 1. The zero-order valence-electron chi connectivity index (χ0n) is 15.7. The molecule has 0 fully saturated rings. The molecule has 1 aromatic heterocycles. The molecule has 148 valence electrons. The van der Waals surface area contributed by atoms with Gasteiger partial charge in [-0.25, -0.2) is 4.68 Å². The number of carbonyl (C=O) groups excluding carboxylic acids is 2. The molecule has 6 nitrogen and oxygen atoms in total. The lowest BCUT2D eigenvalue weighted by Crippen LogP contribution is -2.42. The summed E-state index contributed by atoms with van der Waals surface area (Å²) in [6.45, 7) is 0. The number of hydrazine groups is 1. The van der Waals surface area contributed by atoms with Crippen LogP contribution in [-0.4, -0.2) is 21.6 Å². The average molecular weight is 417 g/mol. The maximum atomic E-state index is 12.9. The van der Waals surface area contributed by atoms with E-state index in [-0.39, 0.29) is 5.69 Å². The van der Waals surface area contributed by atoms with Gasteiger partial charge in [-0.3, -0.25) is 20.4 Å². The summed E-state index contributed by atoms with van der Waals surface area (Å²) in [7, 11) is 0. The van der Waals surface area contributed by atoms with Crippen molar-refractivity contribution in [1.29, 1.82) is 0 Å². The Morgan fingerprint density at radius 3 is 2.13 bits per heavy atom. The van der Waals surface area contributed by atoms with Gasteiger partial charge in [-0.15, -0.1) is 0 Å². The van der Waals surface area contributed by atoms with E-state index in [1.165, 1.54) is 6.07 Å². The van der Waals surface area contributed by atoms with E-state index in [4.69, 9.17) is 11.6 Å². The van der Waals surface area contributed by atoms with Crippen molar-refractivity contribution in [2.45, 2.75) is 0 Å². The fourth-order valence-electron chi connectivity index (χ4n) is 2.94. The normalized spacial score (nSPS) is 10.4. The highest BCUT2D eigenvalue weighted by molar-refractivity contribution is 6.31. The minimum Gasteiger partial charge on any atom is -0.267 e. The van der Waals surface area contributed by atoms with Crippen LogP contribution in [0.3, 0.4) is 0 Å². The zero-order valence-corrected chi connectivity index (χ0v) is 16.5. The van der Waals surface area contributed by atoms with Crippen molar-refractivity contribution in [3.05, 3.63) is 107 Å². The van der Waals surface area contributed by atoms with Gasteiger partial charge in [0.1, 0.15) is 5.69 Å². The highest BCUT2D eigenvalue weighted by atomic mass is 35.5. The predicted molar refractivity (Wildman–Crippen MR) is 115 cm³/mol. The highest BCUT2D eigenvalue weighted by Gasteiger charge is 2.18. The lowest BCUT2D eigenvalue weighted by atomic mass is 10.1. The zero-order chi connectivity index (χ0) is 20.9. The molecule has 0 radical (unpaired) electrons. The maximum absolute atomic E-state index is 12.9. The molecule has 0 atom stereocenters. The van der Waals surface area contributed by atoms with Gasteiger partial charge in [-0.05, 0) is 36.4 Å². The van der Waals surface area contributed by atoms with E-state index in [0.29, 0.717) is 16.3 Å². The van der Waals surface area contributed by atoms with Crippen molar-refractivity contribution in [3.63, 3.8) is 0 Å². The Labute approximate surface area is 178 Å². The van der Waals surface area contributed by atoms with Crippen molar-refractivity contribution in [2.75, 3.05) is 0 Å². The summed E-state index contributed by atoms with van der Waals surface area (Å²) in [5.41, 5.74) is 7.74. The first-order valence-corrected chi connectivity index (χ1v) is 9.57. The van der Waals surface area contributed by atoms with Crippen LogP contribution < -0.4 is 10.9 Å². The Hall–Kier alpha value is -3.90. The largest absolute Gasteiger partial charge is 0.288 e. The van der Waals surface area contributed by atoms with E-state index in [9.17, 15) is 9.59 Å². The van der Waals surface area contributed by atoms with Crippen molar-refractivity contribution in [3.8, 4) is 16.9 Å². The summed E-state index contributed by atoms with van der Waals surface area (Å²) in [6, 6.07) is 27.0. The SMILES string of the molecule is O=C(NNC(=O)c1cc(-c2ccccc2)nn1-c1ccccc1)c1cccc(Cl)c1. The molecule has 0 spiro atoms. The Kier molecular flexibility index (Phi) is 5.59. The molecule has 0 bridgehead atoms. The summed E-state index contributed by atoms with van der Waals surface area (Å²) in [5, 5.41) is 5.03. The molecule has 4 rings (SSSR count). The fraction of sp³-hybridized carbons (Fsp3) is 0. The molecule has 0 unspecified atom stereocenters. The van der Waals surface area contributed by atoms with Gasteiger partial charge in [0.2, 0.25) is 0 Å². The topological polar surface area (TPSA) is 76.0 Å². The molecular weight excluding hydrogens is 400 g/mol. The lowest BCUT2D eigenvalue weighted by molar-refractivity contribution is 0.0842. The van der Waals surface area contributed by atoms with Gasteiger partial charge < -0.3 is 0 Å². The third-order valence-electron chi connectivity index (χ3n) is 4.39. The van der Waals surface area contributed by atoms with Crippen LogP contribution in [0.5, 0.6) is 0 Å². The predicted octanol–water partition coefficient (Wildman–Crippen LogP) is 4.27. The number of rotatable bonds is 4. The van der Waals surface area contributed by atoms with E-state index in [1.807, 2.05) is 60.7 Å². The summed E-state index contributed by atoms with van der Waals surface area (Å²) >= 11 is 5.92. The molecule has 0 saturated carbocycles. The molecule has 0 aliphatic carbocycles.